The topological polar surface area (TPSA) is 30.7 Å². The van der Waals surface area contributed by atoms with E-state index in [-0.39, 0.29) is 5.25 Å². The summed E-state index contributed by atoms with van der Waals surface area (Å²) in [5.74, 6) is 0.864. The highest BCUT2D eigenvalue weighted by Gasteiger charge is 2.21. The van der Waals surface area contributed by atoms with Crippen LogP contribution in [0.2, 0.25) is 0 Å². The molecular formula is C24H21N3S. The Balaban J connectivity index is 1.75. The minimum atomic E-state index is 0.138. The molecule has 138 valence electrons. The molecule has 0 spiro atoms. The molecule has 28 heavy (non-hydrogen) atoms. The molecule has 0 N–H and O–H groups in total. The maximum absolute atomic E-state index is 4.53. The lowest BCUT2D eigenvalue weighted by Gasteiger charge is -2.18. The molecule has 4 heteroatoms. The van der Waals surface area contributed by atoms with Crippen LogP contribution in [0.1, 0.15) is 16.4 Å². The fourth-order valence-electron chi connectivity index (χ4n) is 3.16. The smallest absolute Gasteiger partial charge is 0.192 e. The molecule has 0 saturated carbocycles. The molecule has 1 heterocycles. The molecule has 0 aliphatic carbocycles. The van der Waals surface area contributed by atoms with Gasteiger partial charge in [0, 0.05) is 12.1 Å². The van der Waals surface area contributed by atoms with Gasteiger partial charge < -0.3 is 0 Å². The Hall–Kier alpha value is -3.11. The van der Waals surface area contributed by atoms with E-state index >= 15 is 0 Å². The Morgan fingerprint density at radius 1 is 0.786 bits per heavy atom. The van der Waals surface area contributed by atoms with Gasteiger partial charge in [0.15, 0.2) is 11.0 Å². The van der Waals surface area contributed by atoms with Gasteiger partial charge in [0.1, 0.15) is 0 Å². The van der Waals surface area contributed by atoms with Gasteiger partial charge in [-0.2, -0.15) is 0 Å². The van der Waals surface area contributed by atoms with E-state index in [0.29, 0.717) is 6.54 Å². The molecule has 0 amide bonds. The number of thioether (sulfide) groups is 1. The molecule has 0 atom stereocenters. The van der Waals surface area contributed by atoms with Gasteiger partial charge in [-0.15, -0.1) is 16.8 Å². The largest absolute Gasteiger partial charge is 0.298 e. The summed E-state index contributed by atoms with van der Waals surface area (Å²) in [6.45, 7) is 4.58. The Labute approximate surface area is 169 Å². The second-order valence-corrected chi connectivity index (χ2v) is 7.46. The van der Waals surface area contributed by atoms with Crippen LogP contribution in [0, 0.1) is 0 Å². The van der Waals surface area contributed by atoms with E-state index in [4.69, 9.17) is 0 Å². The number of allylic oxidation sites excluding steroid dienone is 1. The van der Waals surface area contributed by atoms with Gasteiger partial charge in [0.25, 0.3) is 0 Å². The highest BCUT2D eigenvalue weighted by atomic mass is 32.2. The Morgan fingerprint density at radius 3 is 1.86 bits per heavy atom. The van der Waals surface area contributed by atoms with Crippen molar-refractivity contribution in [3.05, 3.63) is 115 Å². The van der Waals surface area contributed by atoms with Gasteiger partial charge >= 0.3 is 0 Å². The molecular weight excluding hydrogens is 362 g/mol. The van der Waals surface area contributed by atoms with Crippen molar-refractivity contribution in [2.45, 2.75) is 17.0 Å². The van der Waals surface area contributed by atoms with Crippen molar-refractivity contribution in [3.8, 4) is 11.4 Å². The summed E-state index contributed by atoms with van der Waals surface area (Å²) in [5.41, 5.74) is 3.54. The third kappa shape index (κ3) is 3.92. The molecule has 0 radical (unpaired) electrons. The van der Waals surface area contributed by atoms with Crippen molar-refractivity contribution in [1.82, 2.24) is 14.8 Å². The van der Waals surface area contributed by atoms with E-state index in [9.17, 15) is 0 Å². The summed E-state index contributed by atoms with van der Waals surface area (Å²) in [5, 5.41) is 10.0. The fraction of sp³-hybridized carbons (Fsp3) is 0.0833. The maximum atomic E-state index is 4.53. The van der Waals surface area contributed by atoms with Crippen molar-refractivity contribution in [2.75, 3.05) is 0 Å². The van der Waals surface area contributed by atoms with Gasteiger partial charge in [-0.25, -0.2) is 0 Å². The first kappa shape index (κ1) is 18.3. The van der Waals surface area contributed by atoms with Crippen LogP contribution in [-0.2, 0) is 6.54 Å². The predicted octanol–water partition coefficient (Wildman–Crippen LogP) is 6.01. The lowest BCUT2D eigenvalue weighted by molar-refractivity contribution is 0.729. The standard InChI is InChI=1S/C24H21N3S/c1-2-18-27-23(21-16-10-5-11-17-21)25-26-24(27)28-22(19-12-6-3-7-13-19)20-14-8-4-9-15-20/h2-17,22H,1,18H2. The van der Waals surface area contributed by atoms with E-state index in [1.807, 2.05) is 36.4 Å². The van der Waals surface area contributed by atoms with Gasteiger partial charge in [0.05, 0.1) is 5.25 Å². The van der Waals surface area contributed by atoms with E-state index < -0.39 is 0 Å². The molecule has 0 saturated heterocycles. The molecule has 4 rings (SSSR count). The van der Waals surface area contributed by atoms with Crippen molar-refractivity contribution in [2.24, 2.45) is 0 Å². The quantitative estimate of drug-likeness (QED) is 0.289. The fourth-order valence-corrected chi connectivity index (χ4v) is 4.33. The first-order chi connectivity index (χ1) is 13.9. The van der Waals surface area contributed by atoms with Crippen LogP contribution in [0.25, 0.3) is 11.4 Å². The van der Waals surface area contributed by atoms with Crippen molar-refractivity contribution in [1.29, 1.82) is 0 Å². The molecule has 0 fully saturated rings. The van der Waals surface area contributed by atoms with E-state index in [2.05, 4.69) is 82.0 Å². The normalized spacial score (nSPS) is 10.9. The number of rotatable bonds is 7. The lowest BCUT2D eigenvalue weighted by Crippen LogP contribution is -2.03. The zero-order valence-corrected chi connectivity index (χ0v) is 16.3. The Morgan fingerprint density at radius 2 is 1.32 bits per heavy atom. The van der Waals surface area contributed by atoms with Crippen LogP contribution in [0.4, 0.5) is 0 Å². The van der Waals surface area contributed by atoms with E-state index in [1.165, 1.54) is 11.1 Å². The van der Waals surface area contributed by atoms with Gasteiger partial charge in [-0.1, -0.05) is 109 Å². The molecule has 3 aromatic carbocycles. The number of benzene rings is 3. The van der Waals surface area contributed by atoms with Gasteiger partial charge in [-0.05, 0) is 11.1 Å². The number of nitrogens with zero attached hydrogens (tertiary/aromatic N) is 3. The zero-order valence-electron chi connectivity index (χ0n) is 15.5. The second-order valence-electron chi connectivity index (χ2n) is 6.39. The molecule has 4 aromatic rings. The minimum absolute atomic E-state index is 0.138. The molecule has 0 unspecified atom stereocenters. The third-order valence-corrected chi connectivity index (χ3v) is 5.78. The molecule has 0 aliphatic heterocycles. The summed E-state index contributed by atoms with van der Waals surface area (Å²) >= 11 is 1.72. The number of hydrogen-bond acceptors (Lipinski definition) is 3. The molecule has 0 bridgehead atoms. The molecule has 0 aliphatic rings. The Bertz CT molecular complexity index is 988. The first-order valence-electron chi connectivity index (χ1n) is 9.23. The highest BCUT2D eigenvalue weighted by Crippen LogP contribution is 2.40. The summed E-state index contributed by atoms with van der Waals surface area (Å²) in [6, 6.07) is 31.2. The van der Waals surface area contributed by atoms with Crippen LogP contribution in [0.5, 0.6) is 0 Å². The maximum Gasteiger partial charge on any atom is 0.192 e. The monoisotopic (exact) mass is 383 g/mol. The Kier molecular flexibility index (Phi) is 5.69. The van der Waals surface area contributed by atoms with Crippen molar-refractivity contribution in [3.63, 3.8) is 0 Å². The van der Waals surface area contributed by atoms with E-state index in [0.717, 1.165) is 16.5 Å². The minimum Gasteiger partial charge on any atom is -0.298 e. The molecule has 1 aromatic heterocycles. The molecule has 3 nitrogen and oxygen atoms in total. The highest BCUT2D eigenvalue weighted by molar-refractivity contribution is 7.99. The third-order valence-electron chi connectivity index (χ3n) is 4.49. The van der Waals surface area contributed by atoms with Crippen molar-refractivity contribution >= 4 is 11.8 Å². The van der Waals surface area contributed by atoms with E-state index in [1.54, 1.807) is 11.8 Å². The van der Waals surface area contributed by atoms with Crippen LogP contribution < -0.4 is 0 Å². The summed E-state index contributed by atoms with van der Waals surface area (Å²) < 4.78 is 2.13. The zero-order chi connectivity index (χ0) is 19.2. The number of hydrogen-bond donors (Lipinski definition) is 0. The predicted molar refractivity (Wildman–Crippen MR) is 116 cm³/mol. The van der Waals surface area contributed by atoms with Crippen LogP contribution in [-0.4, -0.2) is 14.8 Å². The van der Waals surface area contributed by atoms with Crippen LogP contribution in [0.15, 0.2) is 109 Å². The second kappa shape index (κ2) is 8.72. The van der Waals surface area contributed by atoms with Crippen LogP contribution >= 0.6 is 11.8 Å². The summed E-state index contributed by atoms with van der Waals surface area (Å²) in [4.78, 5) is 0. The van der Waals surface area contributed by atoms with Crippen LogP contribution in [0.3, 0.4) is 0 Å². The summed E-state index contributed by atoms with van der Waals surface area (Å²) in [7, 11) is 0. The van der Waals surface area contributed by atoms with Crippen molar-refractivity contribution < 1.29 is 0 Å². The first-order valence-corrected chi connectivity index (χ1v) is 10.1. The number of aromatic nitrogens is 3. The summed E-state index contributed by atoms with van der Waals surface area (Å²) in [6.07, 6.45) is 1.89. The van der Waals surface area contributed by atoms with Gasteiger partial charge in [-0.3, -0.25) is 4.57 Å². The average molecular weight is 384 g/mol. The average Bonchev–Trinajstić information content (AvgIpc) is 3.16. The SMILES string of the molecule is C=CCn1c(SC(c2ccccc2)c2ccccc2)nnc1-c1ccccc1. The van der Waals surface area contributed by atoms with Gasteiger partial charge in [0.2, 0.25) is 0 Å². The lowest BCUT2D eigenvalue weighted by atomic mass is 10.0.